The van der Waals surface area contributed by atoms with Gasteiger partial charge in [0.25, 0.3) is 0 Å². The van der Waals surface area contributed by atoms with Crippen LogP contribution in [0.15, 0.2) is 48.6 Å². The van der Waals surface area contributed by atoms with Gasteiger partial charge in [-0.05, 0) is 0 Å². The second kappa shape index (κ2) is 4.99. The maximum atomic E-state index is 2.34. The Morgan fingerprint density at radius 2 is 1.00 bits per heavy atom. The summed E-state index contributed by atoms with van der Waals surface area (Å²) in [5.74, 6) is 0. The van der Waals surface area contributed by atoms with E-state index in [1.807, 2.05) is 0 Å². The molecule has 0 aromatic carbocycles. The van der Waals surface area contributed by atoms with E-state index in [4.69, 9.17) is 0 Å². The van der Waals surface area contributed by atoms with Crippen molar-refractivity contribution in [2.45, 2.75) is 7.25 Å². The molecule has 0 aromatic rings. The van der Waals surface area contributed by atoms with Crippen molar-refractivity contribution < 1.29 is 23.2 Å². The molecule has 0 unspecified atom stereocenters. The van der Waals surface area contributed by atoms with E-state index in [-0.39, 0.29) is 35.6 Å². The van der Waals surface area contributed by atoms with Gasteiger partial charge < -0.3 is 0 Å². The van der Waals surface area contributed by atoms with E-state index in [0.29, 0.717) is 0 Å². The molecule has 0 amide bonds. The summed E-state index contributed by atoms with van der Waals surface area (Å²) in [7, 11) is 0. The van der Waals surface area contributed by atoms with Crippen LogP contribution in [0.1, 0.15) is 0 Å². The fraction of sp³-hybridized carbons (Fsp3) is 0.200. The molecule has 2 aliphatic carbocycles. The van der Waals surface area contributed by atoms with Crippen molar-refractivity contribution in [3.63, 3.8) is 0 Å². The third-order valence-electron chi connectivity index (χ3n) is 1.88. The number of hydrogen-bond acceptors (Lipinski definition) is 0. The first-order chi connectivity index (χ1) is 5.45. The summed E-state index contributed by atoms with van der Waals surface area (Å²) < 4.78 is 1.69. The van der Waals surface area contributed by atoms with Crippen molar-refractivity contribution >= 4 is 12.4 Å². The normalized spacial score (nSPS) is 20.3. The quantitative estimate of drug-likeness (QED) is 0.712. The number of allylic oxidation sites excluding steroid dienone is 8. The first kappa shape index (κ1) is 10.2. The van der Waals surface area contributed by atoms with Crippen LogP contribution in [0.5, 0.6) is 0 Å². The van der Waals surface area contributed by atoms with Gasteiger partial charge in [-0.1, -0.05) is 0 Å². The van der Waals surface area contributed by atoms with E-state index in [1.165, 1.54) is 0 Å². The van der Waals surface area contributed by atoms with Gasteiger partial charge in [-0.25, -0.2) is 0 Å². The molecule has 0 aliphatic heterocycles. The van der Waals surface area contributed by atoms with Gasteiger partial charge in [-0.3, -0.25) is 0 Å². The van der Waals surface area contributed by atoms with Crippen molar-refractivity contribution in [1.29, 1.82) is 0 Å². The van der Waals surface area contributed by atoms with Crippen molar-refractivity contribution in [3.05, 3.63) is 48.6 Å². The Morgan fingerprint density at radius 1 is 0.667 bits per heavy atom. The summed E-state index contributed by atoms with van der Waals surface area (Å²) in [6.07, 6.45) is 18.1. The third-order valence-corrected chi connectivity index (χ3v) is 5.67. The van der Waals surface area contributed by atoms with E-state index in [0.717, 1.165) is 7.25 Å². The first-order valence-electron chi connectivity index (χ1n) is 3.91. The van der Waals surface area contributed by atoms with Crippen molar-refractivity contribution in [2.24, 2.45) is 0 Å². The van der Waals surface area contributed by atoms with Crippen LogP contribution >= 0.6 is 12.4 Å². The smallest absolute Gasteiger partial charge is 0.147 e. The molecule has 0 saturated carbocycles. The zero-order valence-corrected chi connectivity index (χ0v) is 9.96. The van der Waals surface area contributed by atoms with E-state index in [1.54, 1.807) is 0 Å². The average molecular weight is 258 g/mol. The molecule has 0 heterocycles. The zero-order chi connectivity index (χ0) is 7.52. The molecule has 0 saturated heterocycles. The second-order valence-corrected chi connectivity index (χ2v) is 6.85. The minimum absolute atomic E-state index is 0. The summed E-state index contributed by atoms with van der Waals surface area (Å²) >= 11 is -0.256. The standard InChI is InChI=1S/2C5H5.ClH.Zr/c2*1-2-4-5-3-1;;/h2*1-5H;1H;. The largest absolute Gasteiger partial charge is 0.147 e. The molecule has 2 rings (SSSR count). The Bertz CT molecular complexity index is 201. The van der Waals surface area contributed by atoms with E-state index in [2.05, 4.69) is 48.6 Å². The Kier molecular flexibility index (Phi) is 4.25. The van der Waals surface area contributed by atoms with E-state index < -0.39 is 0 Å². The molecular formula is C10H11ClZr. The van der Waals surface area contributed by atoms with Gasteiger partial charge in [-0.2, -0.15) is 0 Å². The molecule has 0 fully saturated rings. The van der Waals surface area contributed by atoms with Crippen LogP contribution in [0.25, 0.3) is 0 Å². The van der Waals surface area contributed by atoms with Gasteiger partial charge in [-0.15, -0.1) is 12.4 Å². The molecule has 2 heteroatoms. The number of halogens is 1. The Labute approximate surface area is 91.1 Å². The monoisotopic (exact) mass is 256 g/mol. The van der Waals surface area contributed by atoms with Gasteiger partial charge in [0.1, 0.15) is 0 Å². The van der Waals surface area contributed by atoms with E-state index >= 15 is 0 Å². The van der Waals surface area contributed by atoms with Crippen LogP contribution in [0, 0.1) is 0 Å². The van der Waals surface area contributed by atoms with Gasteiger partial charge >= 0.3 is 79.1 Å². The Morgan fingerprint density at radius 3 is 1.33 bits per heavy atom. The maximum Gasteiger partial charge on any atom is -0.147 e. The van der Waals surface area contributed by atoms with Crippen molar-refractivity contribution in [1.82, 2.24) is 0 Å². The maximum absolute atomic E-state index is 2.34. The topological polar surface area (TPSA) is 0 Å². The van der Waals surface area contributed by atoms with Gasteiger partial charge in [0.05, 0.1) is 0 Å². The van der Waals surface area contributed by atoms with Crippen LogP contribution in [0.2, 0.25) is 7.25 Å². The third kappa shape index (κ3) is 2.57. The zero-order valence-electron chi connectivity index (χ0n) is 6.68. The SMILES string of the molecule is C1=C[CH]([Zr][CH]2C=CC=C2)C=C1.Cl. The molecule has 0 aromatic heterocycles. The van der Waals surface area contributed by atoms with Crippen LogP contribution < -0.4 is 0 Å². The van der Waals surface area contributed by atoms with Crippen LogP contribution in [0.4, 0.5) is 0 Å². The Hall–Kier alpha value is 0.133. The van der Waals surface area contributed by atoms with Gasteiger partial charge in [0.2, 0.25) is 0 Å². The molecule has 0 N–H and O–H groups in total. The fourth-order valence-corrected chi connectivity index (χ4v) is 4.59. The predicted octanol–water partition coefficient (Wildman–Crippen LogP) is 3.32. The summed E-state index contributed by atoms with van der Waals surface area (Å²) in [5, 5.41) is 0. The minimum atomic E-state index is -0.256. The van der Waals surface area contributed by atoms with Gasteiger partial charge in [0.15, 0.2) is 0 Å². The van der Waals surface area contributed by atoms with Crippen LogP contribution in [-0.4, -0.2) is 0 Å². The minimum Gasteiger partial charge on any atom is -0.147 e. The molecule has 2 aliphatic rings. The molecule has 62 valence electrons. The first-order valence-corrected chi connectivity index (χ1v) is 6.75. The second-order valence-electron chi connectivity index (χ2n) is 2.76. The molecule has 0 radical (unpaired) electrons. The molecule has 0 bridgehead atoms. The van der Waals surface area contributed by atoms with E-state index in [9.17, 15) is 0 Å². The summed E-state index contributed by atoms with van der Waals surface area (Å²) in [6.45, 7) is 0. The van der Waals surface area contributed by atoms with Gasteiger partial charge in [0, 0.05) is 0 Å². The van der Waals surface area contributed by atoms with Crippen LogP contribution in [0.3, 0.4) is 0 Å². The molecule has 0 spiro atoms. The molecular weight excluding hydrogens is 247 g/mol. The summed E-state index contributed by atoms with van der Waals surface area (Å²) in [4.78, 5) is 0. The fourth-order valence-electron chi connectivity index (χ4n) is 1.31. The predicted molar refractivity (Wildman–Crippen MR) is 51.3 cm³/mol. The summed E-state index contributed by atoms with van der Waals surface area (Å²) in [5.41, 5.74) is 0. The number of hydrogen-bond donors (Lipinski definition) is 0. The molecule has 0 atom stereocenters. The average Bonchev–Trinajstić information content (AvgIpc) is 2.60. The van der Waals surface area contributed by atoms with Crippen molar-refractivity contribution in [3.8, 4) is 0 Å². The summed E-state index contributed by atoms with van der Waals surface area (Å²) in [6, 6.07) is 0. The molecule has 0 nitrogen and oxygen atoms in total. The molecule has 12 heavy (non-hydrogen) atoms. The number of rotatable bonds is 2. The van der Waals surface area contributed by atoms with Crippen molar-refractivity contribution in [2.75, 3.05) is 0 Å². The Balaban J connectivity index is 0.000000720. The van der Waals surface area contributed by atoms with Crippen LogP contribution in [-0.2, 0) is 23.2 Å².